The topological polar surface area (TPSA) is 66.4 Å². The van der Waals surface area contributed by atoms with Crippen LogP contribution in [0.25, 0.3) is 0 Å². The van der Waals surface area contributed by atoms with Crippen LogP contribution in [0.15, 0.2) is 41.1 Å². The number of aliphatic carboxylic acids is 1. The Hall–Kier alpha value is -2.21. The van der Waals surface area contributed by atoms with Crippen molar-refractivity contribution in [1.82, 2.24) is 5.32 Å². The fraction of sp³-hybridized carbons (Fsp3) is 0.250. The Morgan fingerprint density at radius 3 is 2.45 bits per heavy atom. The predicted octanol–water partition coefficient (Wildman–Crippen LogP) is 2.98. The molecule has 0 aliphatic carbocycles. The lowest BCUT2D eigenvalue weighted by Crippen LogP contribution is -2.34. The van der Waals surface area contributed by atoms with Crippen LogP contribution in [-0.4, -0.2) is 23.5 Å². The maximum atomic E-state index is 12.9. The van der Waals surface area contributed by atoms with Crippen LogP contribution in [-0.2, 0) is 9.59 Å². The van der Waals surface area contributed by atoms with Crippen LogP contribution in [0.3, 0.4) is 0 Å². The summed E-state index contributed by atoms with van der Waals surface area (Å²) in [6.07, 6.45) is 0. The van der Waals surface area contributed by atoms with E-state index in [1.54, 1.807) is 6.92 Å². The zero-order valence-electron chi connectivity index (χ0n) is 12.0. The first kappa shape index (κ1) is 16.2. The molecule has 0 fully saturated rings. The number of amides is 1. The van der Waals surface area contributed by atoms with Crippen molar-refractivity contribution in [2.24, 2.45) is 0 Å². The van der Waals surface area contributed by atoms with Gasteiger partial charge in [0.2, 0.25) is 5.91 Å². The highest BCUT2D eigenvalue weighted by molar-refractivity contribution is 7.08. The van der Waals surface area contributed by atoms with Crippen LogP contribution in [0.2, 0.25) is 0 Å². The van der Waals surface area contributed by atoms with E-state index in [2.05, 4.69) is 5.32 Å². The third-order valence-corrected chi connectivity index (χ3v) is 4.19. The van der Waals surface area contributed by atoms with Gasteiger partial charge in [-0.15, -0.1) is 0 Å². The van der Waals surface area contributed by atoms with Gasteiger partial charge in [0.15, 0.2) is 0 Å². The van der Waals surface area contributed by atoms with Crippen molar-refractivity contribution in [1.29, 1.82) is 0 Å². The van der Waals surface area contributed by atoms with Gasteiger partial charge in [-0.25, -0.2) is 4.39 Å². The second-order valence-corrected chi connectivity index (χ2v) is 5.75. The Bertz CT molecular complexity index is 640. The van der Waals surface area contributed by atoms with Gasteiger partial charge < -0.3 is 10.4 Å². The maximum Gasteiger partial charge on any atom is 0.312 e. The molecule has 0 radical (unpaired) electrons. The Morgan fingerprint density at radius 1 is 1.23 bits per heavy atom. The number of carboxylic acids is 1. The summed E-state index contributed by atoms with van der Waals surface area (Å²) in [6.45, 7) is 1.74. The molecular formula is C16H16FNO3S. The van der Waals surface area contributed by atoms with Crippen LogP contribution in [0.5, 0.6) is 0 Å². The van der Waals surface area contributed by atoms with Gasteiger partial charge in [0.05, 0.1) is 11.8 Å². The van der Waals surface area contributed by atoms with E-state index in [0.29, 0.717) is 5.56 Å². The summed E-state index contributed by atoms with van der Waals surface area (Å²) in [7, 11) is 0. The molecule has 1 amide bonds. The molecule has 2 atom stereocenters. The quantitative estimate of drug-likeness (QED) is 0.859. The van der Waals surface area contributed by atoms with E-state index in [4.69, 9.17) is 0 Å². The lowest BCUT2D eigenvalue weighted by molar-refractivity contribution is -0.138. The van der Waals surface area contributed by atoms with Gasteiger partial charge in [-0.05, 0) is 47.0 Å². The summed E-state index contributed by atoms with van der Waals surface area (Å²) in [4.78, 5) is 23.4. The van der Waals surface area contributed by atoms with Gasteiger partial charge in [0, 0.05) is 6.54 Å². The highest BCUT2D eigenvalue weighted by Crippen LogP contribution is 2.20. The largest absolute Gasteiger partial charge is 0.481 e. The number of benzene rings is 1. The standard InChI is InChI=1S/C16H16FNO3S/c1-10(12-6-7-22-9-12)15(19)18-8-14(16(20)21)11-2-4-13(17)5-3-11/h2-7,9-10,14H,8H2,1H3,(H,18,19)(H,20,21). The molecule has 2 unspecified atom stereocenters. The van der Waals surface area contributed by atoms with Gasteiger partial charge >= 0.3 is 5.97 Å². The summed E-state index contributed by atoms with van der Waals surface area (Å²) >= 11 is 1.50. The molecule has 1 aromatic carbocycles. The van der Waals surface area contributed by atoms with E-state index >= 15 is 0 Å². The van der Waals surface area contributed by atoms with Gasteiger partial charge in [-0.3, -0.25) is 9.59 Å². The lowest BCUT2D eigenvalue weighted by atomic mass is 9.98. The molecule has 6 heteroatoms. The SMILES string of the molecule is CC(C(=O)NCC(C(=O)O)c1ccc(F)cc1)c1ccsc1. The van der Waals surface area contributed by atoms with E-state index in [1.165, 1.54) is 35.6 Å². The zero-order valence-corrected chi connectivity index (χ0v) is 12.8. The molecule has 0 spiro atoms. The van der Waals surface area contributed by atoms with Gasteiger partial charge in [-0.2, -0.15) is 11.3 Å². The molecule has 2 rings (SSSR count). The monoisotopic (exact) mass is 321 g/mol. The summed E-state index contributed by atoms with van der Waals surface area (Å²) in [6, 6.07) is 7.12. The molecule has 0 aliphatic heterocycles. The molecule has 116 valence electrons. The first-order chi connectivity index (χ1) is 10.5. The number of carbonyl (C=O) groups is 2. The molecular weight excluding hydrogens is 305 g/mol. The van der Waals surface area contributed by atoms with Gasteiger partial charge in [0.25, 0.3) is 0 Å². The smallest absolute Gasteiger partial charge is 0.312 e. The van der Waals surface area contributed by atoms with E-state index in [0.717, 1.165) is 5.56 Å². The van der Waals surface area contributed by atoms with Crippen LogP contribution in [0.1, 0.15) is 29.9 Å². The van der Waals surface area contributed by atoms with Crippen molar-refractivity contribution in [3.63, 3.8) is 0 Å². The minimum atomic E-state index is -1.06. The molecule has 0 bridgehead atoms. The number of carboxylic acid groups (broad SMARTS) is 1. The summed E-state index contributed by atoms with van der Waals surface area (Å²) in [5.74, 6) is -2.96. The van der Waals surface area contributed by atoms with E-state index < -0.39 is 17.7 Å². The number of hydrogen-bond acceptors (Lipinski definition) is 3. The first-order valence-corrected chi connectivity index (χ1v) is 7.71. The van der Waals surface area contributed by atoms with E-state index in [1.807, 2.05) is 16.8 Å². The van der Waals surface area contributed by atoms with Crippen LogP contribution >= 0.6 is 11.3 Å². The van der Waals surface area contributed by atoms with Crippen LogP contribution in [0, 0.1) is 5.82 Å². The molecule has 22 heavy (non-hydrogen) atoms. The minimum absolute atomic E-state index is 0.0335. The van der Waals surface area contributed by atoms with Crippen LogP contribution in [0.4, 0.5) is 4.39 Å². The Balaban J connectivity index is 2.01. The number of carbonyl (C=O) groups excluding carboxylic acids is 1. The second-order valence-electron chi connectivity index (χ2n) is 4.97. The highest BCUT2D eigenvalue weighted by atomic mass is 32.1. The molecule has 0 aliphatic rings. The predicted molar refractivity (Wildman–Crippen MR) is 82.5 cm³/mol. The number of halogens is 1. The second kappa shape index (κ2) is 7.17. The molecule has 2 aromatic rings. The van der Waals surface area contributed by atoms with Crippen molar-refractivity contribution in [3.05, 3.63) is 58.0 Å². The molecule has 0 saturated carbocycles. The summed E-state index contributed by atoms with van der Waals surface area (Å²) < 4.78 is 12.9. The van der Waals surface area contributed by atoms with E-state index in [9.17, 15) is 19.1 Å². The van der Waals surface area contributed by atoms with Crippen LogP contribution < -0.4 is 5.32 Å². The number of nitrogens with one attached hydrogen (secondary N) is 1. The fourth-order valence-electron chi connectivity index (χ4n) is 2.07. The molecule has 2 N–H and O–H groups in total. The molecule has 1 heterocycles. The average Bonchev–Trinajstić information content (AvgIpc) is 3.02. The third-order valence-electron chi connectivity index (χ3n) is 3.49. The highest BCUT2D eigenvalue weighted by Gasteiger charge is 2.22. The zero-order chi connectivity index (χ0) is 16.1. The van der Waals surface area contributed by atoms with Crippen molar-refractivity contribution in [2.75, 3.05) is 6.54 Å². The van der Waals surface area contributed by atoms with Crippen molar-refractivity contribution >= 4 is 23.2 Å². The van der Waals surface area contributed by atoms with Crippen molar-refractivity contribution in [2.45, 2.75) is 18.8 Å². The number of thiophene rings is 1. The molecule has 4 nitrogen and oxygen atoms in total. The minimum Gasteiger partial charge on any atom is -0.481 e. The third kappa shape index (κ3) is 3.92. The maximum absolute atomic E-state index is 12.9. The van der Waals surface area contributed by atoms with Crippen molar-refractivity contribution in [3.8, 4) is 0 Å². The normalized spacial score (nSPS) is 13.4. The van der Waals surface area contributed by atoms with E-state index in [-0.39, 0.29) is 18.4 Å². The van der Waals surface area contributed by atoms with Gasteiger partial charge in [0.1, 0.15) is 5.82 Å². The average molecular weight is 321 g/mol. The first-order valence-electron chi connectivity index (χ1n) is 6.77. The van der Waals surface area contributed by atoms with Crippen molar-refractivity contribution < 1.29 is 19.1 Å². The Labute approximate surface area is 131 Å². The number of hydrogen-bond donors (Lipinski definition) is 2. The molecule has 0 saturated heterocycles. The molecule has 1 aromatic heterocycles. The Kier molecular flexibility index (Phi) is 5.27. The fourth-order valence-corrected chi connectivity index (χ4v) is 2.83. The lowest BCUT2D eigenvalue weighted by Gasteiger charge is -2.16. The summed E-state index contributed by atoms with van der Waals surface area (Å²) in [5, 5.41) is 15.7. The summed E-state index contributed by atoms with van der Waals surface area (Å²) in [5.41, 5.74) is 1.36. The van der Waals surface area contributed by atoms with Gasteiger partial charge in [-0.1, -0.05) is 12.1 Å². The Morgan fingerprint density at radius 2 is 1.91 bits per heavy atom. The number of rotatable bonds is 6.